The first-order chi connectivity index (χ1) is 10.7. The standard InChI is InChI=1S/C18H28ClNO3/c1-17(2,3)23-16(22)20-12-18(9-7-15(21)8-10-18)13-5-4-6-14(19)11-13/h4-6,13,15,21H,7-12H2,1-3H3,(H,20,22). The van der Waals surface area contributed by atoms with Crippen molar-refractivity contribution in [3.8, 4) is 0 Å². The first-order valence-corrected chi connectivity index (χ1v) is 8.76. The molecule has 1 saturated carbocycles. The zero-order valence-corrected chi connectivity index (χ0v) is 15.0. The van der Waals surface area contributed by atoms with Gasteiger partial charge in [-0.1, -0.05) is 23.8 Å². The molecule has 1 fully saturated rings. The van der Waals surface area contributed by atoms with E-state index in [1.54, 1.807) is 0 Å². The highest BCUT2D eigenvalue weighted by molar-refractivity contribution is 6.29. The molecule has 2 N–H and O–H groups in total. The van der Waals surface area contributed by atoms with E-state index in [1.807, 2.05) is 32.9 Å². The van der Waals surface area contributed by atoms with Crippen molar-refractivity contribution in [3.63, 3.8) is 0 Å². The van der Waals surface area contributed by atoms with Gasteiger partial charge in [0.1, 0.15) is 5.60 Å². The molecule has 2 aliphatic carbocycles. The number of halogens is 1. The number of hydrogen-bond donors (Lipinski definition) is 2. The van der Waals surface area contributed by atoms with Gasteiger partial charge in [-0.05, 0) is 70.3 Å². The van der Waals surface area contributed by atoms with E-state index in [-0.39, 0.29) is 23.5 Å². The topological polar surface area (TPSA) is 58.6 Å². The summed E-state index contributed by atoms with van der Waals surface area (Å²) >= 11 is 6.22. The minimum atomic E-state index is -0.503. The molecule has 0 aliphatic heterocycles. The number of nitrogens with one attached hydrogen (secondary N) is 1. The molecule has 0 saturated heterocycles. The summed E-state index contributed by atoms with van der Waals surface area (Å²) in [4.78, 5) is 12.0. The summed E-state index contributed by atoms with van der Waals surface area (Å²) < 4.78 is 5.35. The molecule has 130 valence electrons. The largest absolute Gasteiger partial charge is 0.444 e. The van der Waals surface area contributed by atoms with E-state index in [9.17, 15) is 9.90 Å². The van der Waals surface area contributed by atoms with Crippen LogP contribution in [0.3, 0.4) is 0 Å². The number of amides is 1. The summed E-state index contributed by atoms with van der Waals surface area (Å²) in [5.74, 6) is 0.280. The van der Waals surface area contributed by atoms with Gasteiger partial charge in [-0.3, -0.25) is 0 Å². The maximum atomic E-state index is 12.0. The molecule has 0 aromatic rings. The number of aliphatic hydroxyl groups excluding tert-OH is 1. The molecule has 1 unspecified atom stereocenters. The lowest BCUT2D eigenvalue weighted by atomic mass is 9.63. The predicted molar refractivity (Wildman–Crippen MR) is 92.3 cm³/mol. The summed E-state index contributed by atoms with van der Waals surface area (Å²) in [5.41, 5.74) is -0.572. The number of alkyl carbamates (subject to hydrolysis) is 1. The van der Waals surface area contributed by atoms with Crippen LogP contribution in [0.2, 0.25) is 0 Å². The Morgan fingerprint density at radius 1 is 1.43 bits per heavy atom. The molecule has 0 spiro atoms. The monoisotopic (exact) mass is 341 g/mol. The van der Waals surface area contributed by atoms with Crippen LogP contribution in [-0.2, 0) is 4.74 Å². The zero-order valence-electron chi connectivity index (χ0n) is 14.3. The predicted octanol–water partition coefficient (Wildman–Crippen LogP) is 4.13. The van der Waals surface area contributed by atoms with Gasteiger partial charge in [0.15, 0.2) is 0 Å². The van der Waals surface area contributed by atoms with Gasteiger partial charge < -0.3 is 15.2 Å². The highest BCUT2D eigenvalue weighted by Gasteiger charge is 2.41. The summed E-state index contributed by atoms with van der Waals surface area (Å²) in [7, 11) is 0. The molecule has 2 rings (SSSR count). The summed E-state index contributed by atoms with van der Waals surface area (Å²) in [6.45, 7) is 6.11. The Kier molecular flexibility index (Phi) is 5.79. The van der Waals surface area contributed by atoms with Crippen LogP contribution < -0.4 is 5.32 Å². The second-order valence-electron chi connectivity index (χ2n) is 7.76. The van der Waals surface area contributed by atoms with Gasteiger partial charge in [-0.2, -0.15) is 0 Å². The Morgan fingerprint density at radius 2 is 2.09 bits per heavy atom. The van der Waals surface area contributed by atoms with Crippen molar-refractivity contribution in [3.05, 3.63) is 23.3 Å². The van der Waals surface area contributed by atoms with Crippen LogP contribution in [0, 0.1) is 11.3 Å². The molecule has 0 radical (unpaired) electrons. The van der Waals surface area contributed by atoms with Crippen LogP contribution in [0.5, 0.6) is 0 Å². The quantitative estimate of drug-likeness (QED) is 0.811. The van der Waals surface area contributed by atoms with Crippen LogP contribution >= 0.6 is 11.6 Å². The zero-order chi connectivity index (χ0) is 17.1. The molecule has 4 nitrogen and oxygen atoms in total. The fourth-order valence-corrected chi connectivity index (χ4v) is 3.72. The van der Waals surface area contributed by atoms with E-state index in [4.69, 9.17) is 16.3 Å². The maximum absolute atomic E-state index is 12.0. The molecule has 1 amide bonds. The summed E-state index contributed by atoms with van der Waals surface area (Å²) in [6.07, 6.45) is 9.56. The molecular formula is C18H28ClNO3. The van der Waals surface area contributed by atoms with E-state index in [1.165, 1.54) is 0 Å². The SMILES string of the molecule is CC(C)(C)OC(=O)NCC1(C2C=CC=C(Cl)C2)CCC(O)CC1. The lowest BCUT2D eigenvalue weighted by Gasteiger charge is -2.44. The Labute approximate surface area is 143 Å². The van der Waals surface area contributed by atoms with Crippen molar-refractivity contribution in [1.29, 1.82) is 0 Å². The van der Waals surface area contributed by atoms with E-state index in [2.05, 4.69) is 11.4 Å². The first kappa shape index (κ1) is 18.3. The van der Waals surface area contributed by atoms with E-state index >= 15 is 0 Å². The molecule has 0 aromatic heterocycles. The number of allylic oxidation sites excluding steroid dienone is 4. The number of rotatable bonds is 3. The Morgan fingerprint density at radius 3 is 2.65 bits per heavy atom. The van der Waals surface area contributed by atoms with Crippen molar-refractivity contribution in [2.75, 3.05) is 6.54 Å². The minimum Gasteiger partial charge on any atom is -0.444 e. The van der Waals surface area contributed by atoms with Crippen molar-refractivity contribution >= 4 is 17.7 Å². The van der Waals surface area contributed by atoms with E-state index in [0.717, 1.165) is 37.1 Å². The maximum Gasteiger partial charge on any atom is 0.407 e. The second kappa shape index (κ2) is 7.27. The molecule has 23 heavy (non-hydrogen) atoms. The number of carbonyl (C=O) groups excluding carboxylic acids is 1. The number of hydrogen-bond acceptors (Lipinski definition) is 3. The van der Waals surface area contributed by atoms with Gasteiger partial charge in [0.2, 0.25) is 0 Å². The van der Waals surface area contributed by atoms with Crippen LogP contribution in [-0.4, -0.2) is 29.4 Å². The van der Waals surface area contributed by atoms with Crippen molar-refractivity contribution in [2.45, 2.75) is 64.6 Å². The third kappa shape index (κ3) is 5.25. The highest BCUT2D eigenvalue weighted by Crippen LogP contribution is 2.46. The van der Waals surface area contributed by atoms with E-state index in [0.29, 0.717) is 6.54 Å². The molecule has 1 atom stereocenters. The number of carbonyl (C=O) groups is 1. The van der Waals surface area contributed by atoms with Crippen molar-refractivity contribution in [1.82, 2.24) is 5.32 Å². The molecule has 0 aromatic carbocycles. The second-order valence-corrected chi connectivity index (χ2v) is 8.24. The Balaban J connectivity index is 2.04. The smallest absolute Gasteiger partial charge is 0.407 e. The fraction of sp³-hybridized carbons (Fsp3) is 0.722. The number of aliphatic hydroxyl groups is 1. The molecule has 0 heterocycles. The third-order valence-electron chi connectivity index (χ3n) is 4.76. The lowest BCUT2D eigenvalue weighted by Crippen LogP contribution is -2.46. The first-order valence-electron chi connectivity index (χ1n) is 8.38. The van der Waals surface area contributed by atoms with Crippen LogP contribution in [0.15, 0.2) is 23.3 Å². The van der Waals surface area contributed by atoms with Gasteiger partial charge in [0, 0.05) is 11.6 Å². The minimum absolute atomic E-state index is 0.0684. The van der Waals surface area contributed by atoms with Gasteiger partial charge in [-0.15, -0.1) is 0 Å². The summed E-state index contributed by atoms with van der Waals surface area (Å²) in [5, 5.41) is 13.6. The average molecular weight is 342 g/mol. The fourth-order valence-electron chi connectivity index (χ4n) is 3.48. The van der Waals surface area contributed by atoms with Crippen LogP contribution in [0.4, 0.5) is 4.79 Å². The average Bonchev–Trinajstić information content (AvgIpc) is 2.45. The van der Waals surface area contributed by atoms with Crippen molar-refractivity contribution in [2.24, 2.45) is 11.3 Å². The lowest BCUT2D eigenvalue weighted by molar-refractivity contribution is 0.0264. The Bertz CT molecular complexity index is 485. The summed E-state index contributed by atoms with van der Waals surface area (Å²) in [6, 6.07) is 0. The number of ether oxygens (including phenoxy) is 1. The molecular weight excluding hydrogens is 314 g/mol. The van der Waals surface area contributed by atoms with Gasteiger partial charge in [0.05, 0.1) is 6.10 Å². The molecule has 5 heteroatoms. The molecule has 0 bridgehead atoms. The van der Waals surface area contributed by atoms with Gasteiger partial charge in [-0.25, -0.2) is 4.79 Å². The third-order valence-corrected chi connectivity index (χ3v) is 5.04. The normalized spacial score (nSPS) is 31.4. The van der Waals surface area contributed by atoms with Crippen LogP contribution in [0.25, 0.3) is 0 Å². The molecule has 2 aliphatic rings. The van der Waals surface area contributed by atoms with Gasteiger partial charge >= 0.3 is 6.09 Å². The Hall–Kier alpha value is -1.00. The van der Waals surface area contributed by atoms with Gasteiger partial charge in [0.25, 0.3) is 0 Å². The van der Waals surface area contributed by atoms with E-state index < -0.39 is 5.60 Å². The van der Waals surface area contributed by atoms with Crippen molar-refractivity contribution < 1.29 is 14.6 Å². The highest BCUT2D eigenvalue weighted by atomic mass is 35.5. The van der Waals surface area contributed by atoms with Crippen LogP contribution in [0.1, 0.15) is 52.9 Å².